The van der Waals surface area contributed by atoms with Gasteiger partial charge in [-0.15, -0.1) is 0 Å². The molecule has 1 saturated carbocycles. The number of benzene rings is 2. The van der Waals surface area contributed by atoms with E-state index in [1.54, 1.807) is 48.5 Å². The quantitative estimate of drug-likeness (QED) is 0.275. The Morgan fingerprint density at radius 2 is 1.84 bits per heavy atom. The van der Waals surface area contributed by atoms with E-state index in [1.807, 2.05) is 26.8 Å². The molecule has 0 aliphatic heterocycles. The Bertz CT molecular complexity index is 1570. The van der Waals surface area contributed by atoms with Crippen LogP contribution in [-0.2, 0) is 10.0 Å². The van der Waals surface area contributed by atoms with Gasteiger partial charge in [0.1, 0.15) is 5.82 Å². The number of aryl methyl sites for hydroxylation is 1. The highest BCUT2D eigenvalue weighted by molar-refractivity contribution is 7.90. The van der Waals surface area contributed by atoms with Gasteiger partial charge in [0.15, 0.2) is 5.65 Å². The van der Waals surface area contributed by atoms with Gasteiger partial charge in [-0.2, -0.15) is 9.97 Å². The van der Waals surface area contributed by atoms with Gasteiger partial charge >= 0.3 is 0 Å². The maximum atomic E-state index is 13.5. The molecule has 198 valence electrons. The fraction of sp³-hybridized carbons (Fsp3) is 0.321. The van der Waals surface area contributed by atoms with Crippen molar-refractivity contribution in [2.75, 3.05) is 17.2 Å². The number of amides is 1. The fourth-order valence-corrected chi connectivity index (χ4v) is 5.48. The van der Waals surface area contributed by atoms with Gasteiger partial charge in [-0.05, 0) is 68.5 Å². The number of anilines is 3. The third kappa shape index (κ3) is 5.35. The molecule has 9 nitrogen and oxygen atoms in total. The van der Waals surface area contributed by atoms with Crippen LogP contribution >= 0.6 is 0 Å². The molecule has 0 bridgehead atoms. The molecule has 0 atom stereocenters. The number of hydrogen-bond acceptors (Lipinski definition) is 7. The summed E-state index contributed by atoms with van der Waals surface area (Å²) in [5.74, 6) is 0.988. The molecule has 0 spiro atoms. The van der Waals surface area contributed by atoms with Crippen LogP contribution in [0.3, 0.4) is 0 Å². The minimum absolute atomic E-state index is 0.163. The van der Waals surface area contributed by atoms with Gasteiger partial charge in [-0.1, -0.05) is 37.6 Å². The van der Waals surface area contributed by atoms with Crippen molar-refractivity contribution in [2.24, 2.45) is 5.92 Å². The van der Waals surface area contributed by atoms with E-state index >= 15 is 0 Å². The monoisotopic (exact) mass is 532 g/mol. The van der Waals surface area contributed by atoms with Gasteiger partial charge in [0.05, 0.1) is 10.3 Å². The zero-order chi connectivity index (χ0) is 26.9. The van der Waals surface area contributed by atoms with E-state index < -0.39 is 10.0 Å². The zero-order valence-electron chi connectivity index (χ0n) is 21.7. The lowest BCUT2D eigenvalue weighted by Gasteiger charge is -2.27. The third-order valence-electron chi connectivity index (χ3n) is 6.59. The van der Waals surface area contributed by atoms with E-state index in [-0.39, 0.29) is 28.4 Å². The van der Waals surface area contributed by atoms with Crippen molar-refractivity contribution in [3.05, 3.63) is 71.9 Å². The van der Waals surface area contributed by atoms with Crippen molar-refractivity contribution < 1.29 is 13.2 Å². The van der Waals surface area contributed by atoms with Crippen LogP contribution in [0.25, 0.3) is 11.0 Å². The fourth-order valence-electron chi connectivity index (χ4n) is 4.19. The highest BCUT2D eigenvalue weighted by Gasteiger charge is 2.24. The molecule has 0 radical (unpaired) electrons. The molecule has 1 aliphatic carbocycles. The SMILES string of the molecule is Cc1ccc(S(=O)(=O)n2ccc3c(NC4CCC4)nc(Nc4cccc(C(=O)NCC(C)C)c4)nc32)cc1. The lowest BCUT2D eigenvalue weighted by Crippen LogP contribution is -2.27. The second-order valence-corrected chi connectivity index (χ2v) is 12.0. The Balaban J connectivity index is 1.52. The number of nitrogens with zero attached hydrogens (tertiary/aromatic N) is 3. The summed E-state index contributed by atoms with van der Waals surface area (Å²) >= 11 is 0. The minimum atomic E-state index is -3.88. The second kappa shape index (κ2) is 10.4. The number of fused-ring (bicyclic) bond motifs is 1. The number of aromatic nitrogens is 3. The van der Waals surface area contributed by atoms with E-state index in [0.29, 0.717) is 34.9 Å². The number of hydrogen-bond donors (Lipinski definition) is 3. The number of rotatable bonds is 9. The van der Waals surface area contributed by atoms with E-state index in [1.165, 1.54) is 10.2 Å². The Morgan fingerprint density at radius 3 is 2.53 bits per heavy atom. The van der Waals surface area contributed by atoms with Gasteiger partial charge in [0.25, 0.3) is 15.9 Å². The number of carbonyl (C=O) groups is 1. The molecule has 0 saturated heterocycles. The molecule has 1 amide bonds. The molecule has 5 rings (SSSR count). The molecule has 1 aliphatic rings. The summed E-state index contributed by atoms with van der Waals surface area (Å²) in [5, 5.41) is 10.2. The van der Waals surface area contributed by atoms with Crippen molar-refractivity contribution in [1.82, 2.24) is 19.3 Å². The largest absolute Gasteiger partial charge is 0.367 e. The molecule has 4 aromatic rings. The summed E-state index contributed by atoms with van der Waals surface area (Å²) in [6, 6.07) is 15.8. The Labute approximate surface area is 222 Å². The van der Waals surface area contributed by atoms with E-state index in [0.717, 1.165) is 24.8 Å². The maximum absolute atomic E-state index is 13.5. The molecular weight excluding hydrogens is 500 g/mol. The standard InChI is InChI=1S/C28H32N6O3S/c1-18(2)17-29-27(35)20-6-4-9-22(16-20)31-28-32-25(30-21-7-5-8-21)24-14-15-34(26(24)33-28)38(36,37)23-12-10-19(3)11-13-23/h4,6,9-16,18,21H,5,7-8,17H2,1-3H3,(H,29,35)(H2,30,31,32,33). The first-order valence-corrected chi connectivity index (χ1v) is 14.3. The van der Waals surface area contributed by atoms with Crippen LogP contribution in [0.4, 0.5) is 17.5 Å². The van der Waals surface area contributed by atoms with Crippen LogP contribution in [0.2, 0.25) is 0 Å². The predicted octanol–water partition coefficient (Wildman–Crippen LogP) is 5.07. The van der Waals surface area contributed by atoms with Crippen LogP contribution in [0.1, 0.15) is 49.0 Å². The van der Waals surface area contributed by atoms with E-state index in [9.17, 15) is 13.2 Å². The lowest BCUT2D eigenvalue weighted by atomic mass is 9.93. The summed E-state index contributed by atoms with van der Waals surface area (Å²) < 4.78 is 28.3. The summed E-state index contributed by atoms with van der Waals surface area (Å²) in [5.41, 5.74) is 2.38. The van der Waals surface area contributed by atoms with Gasteiger partial charge in [0.2, 0.25) is 5.95 Å². The Kier molecular flexibility index (Phi) is 7.07. The first-order chi connectivity index (χ1) is 18.2. The normalized spacial score (nSPS) is 13.9. The molecule has 10 heteroatoms. The van der Waals surface area contributed by atoms with Crippen molar-refractivity contribution >= 4 is 44.4 Å². The van der Waals surface area contributed by atoms with Crippen molar-refractivity contribution in [2.45, 2.75) is 51.0 Å². The predicted molar refractivity (Wildman–Crippen MR) is 149 cm³/mol. The summed E-state index contributed by atoms with van der Waals surface area (Å²) in [4.78, 5) is 22.0. The smallest absolute Gasteiger partial charge is 0.269 e. The highest BCUT2D eigenvalue weighted by atomic mass is 32.2. The summed E-state index contributed by atoms with van der Waals surface area (Å²) in [6.07, 6.45) is 4.73. The van der Waals surface area contributed by atoms with E-state index in [2.05, 4.69) is 25.9 Å². The average molecular weight is 533 g/mol. The van der Waals surface area contributed by atoms with Gasteiger partial charge in [-0.25, -0.2) is 12.4 Å². The first-order valence-electron chi connectivity index (χ1n) is 12.8. The molecule has 2 heterocycles. The Hall–Kier alpha value is -3.92. The molecule has 3 N–H and O–H groups in total. The highest BCUT2D eigenvalue weighted by Crippen LogP contribution is 2.31. The van der Waals surface area contributed by atoms with Crippen LogP contribution in [0.15, 0.2) is 65.7 Å². The van der Waals surface area contributed by atoms with Crippen LogP contribution in [-0.4, -0.2) is 40.9 Å². The molecular formula is C28H32N6O3S. The van der Waals surface area contributed by atoms with E-state index in [4.69, 9.17) is 0 Å². The second-order valence-electron chi connectivity index (χ2n) is 10.1. The lowest BCUT2D eigenvalue weighted by molar-refractivity contribution is 0.0949. The van der Waals surface area contributed by atoms with Gasteiger partial charge in [0, 0.05) is 30.0 Å². The van der Waals surface area contributed by atoms with Gasteiger partial charge in [-0.3, -0.25) is 4.79 Å². The molecule has 1 fully saturated rings. The Morgan fingerprint density at radius 1 is 1.08 bits per heavy atom. The first kappa shape index (κ1) is 25.7. The third-order valence-corrected chi connectivity index (χ3v) is 8.27. The van der Waals surface area contributed by atoms with Crippen molar-refractivity contribution in [3.8, 4) is 0 Å². The molecule has 0 unspecified atom stereocenters. The number of carbonyl (C=O) groups excluding carboxylic acids is 1. The molecule has 2 aromatic carbocycles. The van der Waals surface area contributed by atoms with Crippen LogP contribution in [0.5, 0.6) is 0 Å². The van der Waals surface area contributed by atoms with Crippen LogP contribution < -0.4 is 16.0 Å². The number of nitrogens with one attached hydrogen (secondary N) is 3. The summed E-state index contributed by atoms with van der Waals surface area (Å²) in [6.45, 7) is 6.57. The van der Waals surface area contributed by atoms with Gasteiger partial charge < -0.3 is 16.0 Å². The topological polar surface area (TPSA) is 118 Å². The zero-order valence-corrected chi connectivity index (χ0v) is 22.5. The average Bonchev–Trinajstić information content (AvgIpc) is 3.30. The summed E-state index contributed by atoms with van der Waals surface area (Å²) in [7, 11) is -3.88. The molecule has 2 aromatic heterocycles. The van der Waals surface area contributed by atoms with Crippen LogP contribution in [0, 0.1) is 12.8 Å². The maximum Gasteiger partial charge on any atom is 0.269 e. The molecule has 38 heavy (non-hydrogen) atoms. The van der Waals surface area contributed by atoms with Crippen molar-refractivity contribution in [1.29, 1.82) is 0 Å². The minimum Gasteiger partial charge on any atom is -0.367 e. The van der Waals surface area contributed by atoms with Crippen molar-refractivity contribution in [3.63, 3.8) is 0 Å².